The average Bonchev–Trinajstić information content (AvgIpc) is 3.43. The molecular formula is C46H38. The molecule has 46 heavy (non-hydrogen) atoms. The highest BCUT2D eigenvalue weighted by molar-refractivity contribution is 6.28. The van der Waals surface area contributed by atoms with Gasteiger partial charge in [-0.05, 0) is 115 Å². The number of hydrogen-bond donors (Lipinski definition) is 0. The van der Waals surface area contributed by atoms with Crippen LogP contribution in [0, 0.1) is 0 Å². The molecule has 2 aliphatic carbocycles. The molecule has 0 aliphatic heterocycles. The summed E-state index contributed by atoms with van der Waals surface area (Å²) in [5.74, 6) is 0. The Morgan fingerprint density at radius 3 is 2.07 bits per heavy atom. The third kappa shape index (κ3) is 4.88. The molecule has 0 spiro atoms. The van der Waals surface area contributed by atoms with Gasteiger partial charge in [-0.15, -0.1) is 0 Å². The topological polar surface area (TPSA) is 0 Å². The minimum atomic E-state index is 1.00. The molecule has 2 aliphatic rings. The van der Waals surface area contributed by atoms with E-state index in [1.807, 2.05) is 25.2 Å². The van der Waals surface area contributed by atoms with Crippen LogP contribution in [0.2, 0.25) is 0 Å². The minimum Gasteiger partial charge on any atom is -0.0991 e. The second-order valence-corrected chi connectivity index (χ2v) is 12.0. The Kier molecular flexibility index (Phi) is 7.95. The van der Waals surface area contributed by atoms with Gasteiger partial charge in [0.05, 0.1) is 0 Å². The summed E-state index contributed by atoms with van der Waals surface area (Å²) in [6.45, 7) is 12.7. The summed E-state index contributed by atoms with van der Waals surface area (Å²) in [5, 5.41) is 5.15. The lowest BCUT2D eigenvalue weighted by molar-refractivity contribution is 1.04. The van der Waals surface area contributed by atoms with Crippen molar-refractivity contribution in [1.29, 1.82) is 0 Å². The van der Waals surface area contributed by atoms with Gasteiger partial charge in [0.1, 0.15) is 0 Å². The monoisotopic (exact) mass is 590 g/mol. The molecule has 7 rings (SSSR count). The van der Waals surface area contributed by atoms with E-state index in [9.17, 15) is 0 Å². The second kappa shape index (κ2) is 12.5. The largest absolute Gasteiger partial charge is 0.0991 e. The van der Waals surface area contributed by atoms with E-state index in [1.54, 1.807) is 0 Å². The van der Waals surface area contributed by atoms with E-state index in [1.165, 1.54) is 77.2 Å². The Morgan fingerprint density at radius 2 is 1.37 bits per heavy atom. The SMILES string of the molecule is C=C/C=C\C=C(/C)c1ccc2c3c(ccc(C(=C)/C=C\C=C/C)c13)-c1c-2c(-c2ccccc2)c2ccccc2c1C1=CCCC=C1. The summed E-state index contributed by atoms with van der Waals surface area (Å²) in [5.41, 5.74) is 15.0. The second-order valence-electron chi connectivity index (χ2n) is 12.0. The lowest BCUT2D eigenvalue weighted by Gasteiger charge is -2.21. The van der Waals surface area contributed by atoms with Gasteiger partial charge in [-0.1, -0.05) is 159 Å². The van der Waals surface area contributed by atoms with Gasteiger partial charge in [0, 0.05) is 0 Å². The molecule has 0 amide bonds. The summed E-state index contributed by atoms with van der Waals surface area (Å²) in [6.07, 6.45) is 25.6. The zero-order valence-electron chi connectivity index (χ0n) is 26.7. The van der Waals surface area contributed by atoms with Gasteiger partial charge < -0.3 is 0 Å². The Hall–Kier alpha value is -5.46. The maximum absolute atomic E-state index is 4.57. The van der Waals surface area contributed by atoms with Crippen molar-refractivity contribution in [1.82, 2.24) is 0 Å². The zero-order chi connectivity index (χ0) is 31.6. The molecule has 5 aromatic rings. The average molecular weight is 591 g/mol. The third-order valence-corrected chi connectivity index (χ3v) is 9.23. The molecule has 0 heteroatoms. The molecule has 0 saturated heterocycles. The van der Waals surface area contributed by atoms with Crippen molar-refractivity contribution in [3.8, 4) is 33.4 Å². The van der Waals surface area contributed by atoms with E-state index < -0.39 is 0 Å². The molecule has 0 fully saturated rings. The Bertz CT molecular complexity index is 2220. The van der Waals surface area contributed by atoms with Crippen LogP contribution in [0.5, 0.6) is 0 Å². The summed E-state index contributed by atoms with van der Waals surface area (Å²) < 4.78 is 0. The zero-order valence-corrected chi connectivity index (χ0v) is 26.7. The molecule has 0 nitrogen and oxygen atoms in total. The lowest BCUT2D eigenvalue weighted by Crippen LogP contribution is -1.96. The lowest BCUT2D eigenvalue weighted by atomic mass is 9.81. The standard InChI is InChI=1S/C46H38/c1-5-7-11-19-31(3)35-27-29-39-44-40(30-28-36(43(35)44)32(4)20-12-8-6-2)46-42(34-23-15-10-16-24-34)38-26-18-17-25-37(38)41(45(39)46)33-21-13-9-14-22-33/h5-9,11-15,17-30H,1,4,10,16H2,2-3H3/b8-6-,11-7-,20-12-,31-19+. The van der Waals surface area contributed by atoms with Crippen LogP contribution in [0.1, 0.15) is 43.4 Å². The predicted octanol–water partition coefficient (Wildman–Crippen LogP) is 13.3. The summed E-state index contributed by atoms with van der Waals surface area (Å²) in [7, 11) is 0. The summed E-state index contributed by atoms with van der Waals surface area (Å²) in [6, 6.07) is 29.2. The fraction of sp³-hybridized carbons (Fsp3) is 0.0870. The van der Waals surface area contributed by atoms with Crippen molar-refractivity contribution < 1.29 is 0 Å². The van der Waals surface area contributed by atoms with Gasteiger partial charge in [-0.2, -0.15) is 0 Å². The normalized spacial score (nSPS) is 14.2. The first-order valence-electron chi connectivity index (χ1n) is 16.2. The van der Waals surface area contributed by atoms with Gasteiger partial charge in [-0.25, -0.2) is 0 Å². The quantitative estimate of drug-likeness (QED) is 0.155. The maximum atomic E-state index is 4.57. The minimum absolute atomic E-state index is 1.00. The van der Waals surface area contributed by atoms with Crippen molar-refractivity contribution in [3.63, 3.8) is 0 Å². The summed E-state index contributed by atoms with van der Waals surface area (Å²) in [4.78, 5) is 0. The van der Waals surface area contributed by atoms with Gasteiger partial charge in [0.2, 0.25) is 0 Å². The van der Waals surface area contributed by atoms with E-state index in [4.69, 9.17) is 0 Å². The number of fused-ring (bicyclic) bond motifs is 4. The molecule has 0 heterocycles. The van der Waals surface area contributed by atoms with Crippen LogP contribution >= 0.6 is 0 Å². The predicted molar refractivity (Wildman–Crippen MR) is 204 cm³/mol. The van der Waals surface area contributed by atoms with Gasteiger partial charge >= 0.3 is 0 Å². The molecule has 0 atom stereocenters. The van der Waals surface area contributed by atoms with Crippen molar-refractivity contribution in [2.75, 3.05) is 0 Å². The van der Waals surface area contributed by atoms with E-state index >= 15 is 0 Å². The Morgan fingerprint density at radius 1 is 0.674 bits per heavy atom. The molecule has 0 N–H and O–H groups in total. The highest BCUT2D eigenvalue weighted by Gasteiger charge is 2.32. The van der Waals surface area contributed by atoms with Crippen LogP contribution < -0.4 is 0 Å². The molecule has 0 saturated carbocycles. The Balaban J connectivity index is 1.66. The van der Waals surface area contributed by atoms with Crippen molar-refractivity contribution in [2.45, 2.75) is 26.7 Å². The van der Waals surface area contributed by atoms with E-state index in [2.05, 4.69) is 148 Å². The van der Waals surface area contributed by atoms with Crippen LogP contribution in [-0.4, -0.2) is 0 Å². The van der Waals surface area contributed by atoms with Crippen LogP contribution in [0.25, 0.3) is 71.6 Å². The van der Waals surface area contributed by atoms with Crippen LogP contribution in [0.15, 0.2) is 159 Å². The van der Waals surface area contributed by atoms with Crippen LogP contribution in [0.3, 0.4) is 0 Å². The van der Waals surface area contributed by atoms with Crippen molar-refractivity contribution in [2.24, 2.45) is 0 Å². The molecule has 0 bridgehead atoms. The highest BCUT2D eigenvalue weighted by atomic mass is 14.3. The van der Waals surface area contributed by atoms with Crippen molar-refractivity contribution in [3.05, 3.63) is 176 Å². The molecular weight excluding hydrogens is 553 g/mol. The van der Waals surface area contributed by atoms with Crippen LogP contribution in [0.4, 0.5) is 0 Å². The van der Waals surface area contributed by atoms with E-state index in [-0.39, 0.29) is 0 Å². The molecule has 0 aromatic heterocycles. The molecule has 0 radical (unpaired) electrons. The van der Waals surface area contributed by atoms with Gasteiger partial charge in [-0.3, -0.25) is 0 Å². The molecule has 5 aromatic carbocycles. The van der Waals surface area contributed by atoms with Gasteiger partial charge in [0.25, 0.3) is 0 Å². The number of hydrogen-bond acceptors (Lipinski definition) is 0. The fourth-order valence-corrected chi connectivity index (χ4v) is 7.23. The van der Waals surface area contributed by atoms with E-state index in [0.29, 0.717) is 0 Å². The molecule has 0 unspecified atom stereocenters. The smallest absolute Gasteiger partial charge is 0.000741 e. The number of benzene rings is 5. The summed E-state index contributed by atoms with van der Waals surface area (Å²) >= 11 is 0. The Labute approximate surface area is 273 Å². The molecule has 222 valence electrons. The fourth-order valence-electron chi connectivity index (χ4n) is 7.23. The third-order valence-electron chi connectivity index (χ3n) is 9.23. The number of rotatable bonds is 8. The van der Waals surface area contributed by atoms with Crippen molar-refractivity contribution >= 4 is 38.3 Å². The number of allylic oxidation sites excluding steroid dienone is 14. The first-order valence-corrected chi connectivity index (χ1v) is 16.2. The highest BCUT2D eigenvalue weighted by Crippen LogP contribution is 2.58. The first-order chi connectivity index (χ1) is 22.6. The first kappa shape index (κ1) is 29.3. The van der Waals surface area contributed by atoms with Crippen LogP contribution in [-0.2, 0) is 0 Å². The van der Waals surface area contributed by atoms with Gasteiger partial charge in [0.15, 0.2) is 0 Å². The van der Waals surface area contributed by atoms with E-state index in [0.717, 1.165) is 24.0 Å². The maximum Gasteiger partial charge on any atom is -0.000741 e.